The van der Waals surface area contributed by atoms with Gasteiger partial charge in [-0.3, -0.25) is 0 Å². The van der Waals surface area contributed by atoms with Gasteiger partial charge >= 0.3 is 0 Å². The van der Waals surface area contributed by atoms with Crippen molar-refractivity contribution in [3.63, 3.8) is 0 Å². The fourth-order valence-electron chi connectivity index (χ4n) is 2.09. The second-order valence-electron chi connectivity index (χ2n) is 4.43. The summed E-state index contributed by atoms with van der Waals surface area (Å²) in [4.78, 5) is 0. The lowest BCUT2D eigenvalue weighted by Crippen LogP contribution is -2.09. The van der Waals surface area contributed by atoms with Gasteiger partial charge in [0.1, 0.15) is 0 Å². The SMILES string of the molecule is Clc1c(Br)ccc(NCCCC2CCCO2)c1Cl. The van der Waals surface area contributed by atoms with Gasteiger partial charge in [-0.15, -0.1) is 0 Å². The van der Waals surface area contributed by atoms with Crippen LogP contribution in [0.5, 0.6) is 0 Å². The number of nitrogens with one attached hydrogen (secondary N) is 1. The van der Waals surface area contributed by atoms with E-state index in [1.165, 1.54) is 12.8 Å². The minimum atomic E-state index is 0.454. The molecular weight excluding hydrogens is 337 g/mol. The van der Waals surface area contributed by atoms with Gasteiger partial charge in [0.15, 0.2) is 0 Å². The highest BCUT2D eigenvalue weighted by molar-refractivity contribution is 9.10. The van der Waals surface area contributed by atoms with Crippen molar-refractivity contribution < 1.29 is 4.74 Å². The fourth-order valence-corrected chi connectivity index (χ4v) is 2.93. The Balaban J connectivity index is 1.77. The van der Waals surface area contributed by atoms with Gasteiger partial charge in [0.05, 0.1) is 21.8 Å². The van der Waals surface area contributed by atoms with Crippen LogP contribution in [0.2, 0.25) is 10.0 Å². The number of rotatable bonds is 5. The Hall–Kier alpha value is 0.0400. The number of hydrogen-bond acceptors (Lipinski definition) is 2. The molecule has 1 saturated heterocycles. The molecule has 100 valence electrons. The van der Waals surface area contributed by atoms with E-state index in [-0.39, 0.29) is 0 Å². The zero-order valence-corrected chi connectivity index (χ0v) is 13.1. The van der Waals surface area contributed by atoms with Crippen molar-refractivity contribution in [3.8, 4) is 0 Å². The van der Waals surface area contributed by atoms with Gasteiger partial charge in [0.25, 0.3) is 0 Å². The average Bonchev–Trinajstić information content (AvgIpc) is 2.87. The van der Waals surface area contributed by atoms with E-state index in [2.05, 4.69) is 21.2 Å². The molecule has 1 aliphatic rings. The molecule has 1 fully saturated rings. The first kappa shape index (κ1) is 14.4. The highest BCUT2D eigenvalue weighted by Gasteiger charge is 2.14. The monoisotopic (exact) mass is 351 g/mol. The molecule has 1 aromatic carbocycles. The van der Waals surface area contributed by atoms with E-state index in [4.69, 9.17) is 27.9 Å². The normalized spacial score (nSPS) is 19.2. The van der Waals surface area contributed by atoms with E-state index >= 15 is 0 Å². The van der Waals surface area contributed by atoms with E-state index in [0.717, 1.165) is 36.2 Å². The summed E-state index contributed by atoms with van der Waals surface area (Å²) in [6.07, 6.45) is 5.04. The van der Waals surface area contributed by atoms with Gasteiger partial charge in [-0.05, 0) is 53.7 Å². The summed E-state index contributed by atoms with van der Waals surface area (Å²) in [6.45, 7) is 1.81. The molecule has 0 aromatic heterocycles. The van der Waals surface area contributed by atoms with Crippen LogP contribution in [0, 0.1) is 0 Å². The van der Waals surface area contributed by atoms with Crippen molar-refractivity contribution in [3.05, 3.63) is 26.7 Å². The Morgan fingerprint density at radius 3 is 2.89 bits per heavy atom. The van der Waals surface area contributed by atoms with Crippen molar-refractivity contribution >= 4 is 44.8 Å². The molecule has 0 aliphatic carbocycles. The Labute approximate surface area is 126 Å². The van der Waals surface area contributed by atoms with Gasteiger partial charge in [0.2, 0.25) is 0 Å². The number of ether oxygens (including phenoxy) is 1. The van der Waals surface area contributed by atoms with Crippen molar-refractivity contribution in [1.29, 1.82) is 0 Å². The van der Waals surface area contributed by atoms with Crippen molar-refractivity contribution in [2.45, 2.75) is 31.8 Å². The zero-order valence-electron chi connectivity index (χ0n) is 10.0. The molecular formula is C13H16BrCl2NO. The van der Waals surface area contributed by atoms with Crippen molar-refractivity contribution in [2.75, 3.05) is 18.5 Å². The molecule has 1 heterocycles. The van der Waals surface area contributed by atoms with Gasteiger partial charge in [0, 0.05) is 17.6 Å². The van der Waals surface area contributed by atoms with E-state index in [1.54, 1.807) is 0 Å². The number of anilines is 1. The topological polar surface area (TPSA) is 21.3 Å². The minimum Gasteiger partial charge on any atom is -0.384 e. The second kappa shape index (κ2) is 6.99. The Bertz CT molecular complexity index is 408. The first-order chi connectivity index (χ1) is 8.68. The summed E-state index contributed by atoms with van der Waals surface area (Å²) in [5.74, 6) is 0. The summed E-state index contributed by atoms with van der Waals surface area (Å²) in [7, 11) is 0. The molecule has 1 aliphatic heterocycles. The second-order valence-corrected chi connectivity index (χ2v) is 6.04. The Morgan fingerprint density at radius 1 is 1.33 bits per heavy atom. The molecule has 18 heavy (non-hydrogen) atoms. The molecule has 5 heteroatoms. The molecule has 1 N–H and O–H groups in total. The summed E-state index contributed by atoms with van der Waals surface area (Å²) in [5, 5.41) is 4.44. The minimum absolute atomic E-state index is 0.454. The third-order valence-corrected chi connectivity index (χ3v) is 4.85. The van der Waals surface area contributed by atoms with Crippen LogP contribution in [0.3, 0.4) is 0 Å². The molecule has 2 rings (SSSR count). The summed E-state index contributed by atoms with van der Waals surface area (Å²) in [6, 6.07) is 3.83. The summed E-state index contributed by atoms with van der Waals surface area (Å²) < 4.78 is 6.40. The number of hydrogen-bond donors (Lipinski definition) is 1. The lowest BCUT2D eigenvalue weighted by molar-refractivity contribution is 0.103. The van der Waals surface area contributed by atoms with Crippen LogP contribution >= 0.6 is 39.1 Å². The van der Waals surface area contributed by atoms with Crippen LogP contribution in [-0.2, 0) is 4.74 Å². The first-order valence-corrected chi connectivity index (χ1v) is 7.72. The molecule has 1 aromatic rings. The molecule has 1 unspecified atom stereocenters. The lowest BCUT2D eigenvalue weighted by atomic mass is 10.1. The summed E-state index contributed by atoms with van der Waals surface area (Å²) >= 11 is 15.6. The predicted molar refractivity (Wildman–Crippen MR) is 80.9 cm³/mol. The molecule has 0 spiro atoms. The van der Waals surface area contributed by atoms with E-state index in [1.807, 2.05) is 12.1 Å². The standard InChI is InChI=1S/C13H16BrCl2NO/c14-10-5-6-11(13(16)12(10)15)17-7-1-3-9-4-2-8-18-9/h5-6,9,17H,1-4,7-8H2. The highest BCUT2D eigenvalue weighted by atomic mass is 79.9. The number of benzene rings is 1. The largest absolute Gasteiger partial charge is 0.384 e. The van der Waals surface area contributed by atoms with Gasteiger partial charge < -0.3 is 10.1 Å². The molecule has 1 atom stereocenters. The molecule has 2 nitrogen and oxygen atoms in total. The molecule has 0 bridgehead atoms. The lowest BCUT2D eigenvalue weighted by Gasteiger charge is -2.12. The van der Waals surface area contributed by atoms with Crippen molar-refractivity contribution in [1.82, 2.24) is 0 Å². The zero-order chi connectivity index (χ0) is 13.0. The molecule has 0 amide bonds. The van der Waals surface area contributed by atoms with Crippen LogP contribution in [0.25, 0.3) is 0 Å². The van der Waals surface area contributed by atoms with Crippen LogP contribution in [0.15, 0.2) is 16.6 Å². The fraction of sp³-hybridized carbons (Fsp3) is 0.538. The third-order valence-electron chi connectivity index (χ3n) is 3.08. The van der Waals surface area contributed by atoms with E-state index in [0.29, 0.717) is 16.1 Å². The Morgan fingerprint density at radius 2 is 2.17 bits per heavy atom. The van der Waals surface area contributed by atoms with Gasteiger partial charge in [-0.2, -0.15) is 0 Å². The highest BCUT2D eigenvalue weighted by Crippen LogP contribution is 2.35. The maximum Gasteiger partial charge on any atom is 0.0835 e. The van der Waals surface area contributed by atoms with Crippen LogP contribution in [0.4, 0.5) is 5.69 Å². The van der Waals surface area contributed by atoms with Crippen LogP contribution < -0.4 is 5.32 Å². The predicted octanol–water partition coefficient (Wildman–Crippen LogP) is 5.13. The first-order valence-electron chi connectivity index (χ1n) is 6.17. The maximum absolute atomic E-state index is 6.16. The average molecular weight is 353 g/mol. The van der Waals surface area contributed by atoms with Gasteiger partial charge in [-0.25, -0.2) is 0 Å². The smallest absolute Gasteiger partial charge is 0.0835 e. The van der Waals surface area contributed by atoms with Crippen molar-refractivity contribution in [2.24, 2.45) is 0 Å². The van der Waals surface area contributed by atoms with Crippen LogP contribution in [-0.4, -0.2) is 19.3 Å². The molecule has 0 saturated carbocycles. The Kier molecular flexibility index (Phi) is 5.61. The van der Waals surface area contributed by atoms with Crippen LogP contribution in [0.1, 0.15) is 25.7 Å². The quantitative estimate of drug-likeness (QED) is 0.586. The van der Waals surface area contributed by atoms with E-state index in [9.17, 15) is 0 Å². The molecule has 0 radical (unpaired) electrons. The third kappa shape index (κ3) is 3.77. The number of halogens is 3. The summed E-state index contributed by atoms with van der Waals surface area (Å²) in [5.41, 5.74) is 0.886. The maximum atomic E-state index is 6.16. The van der Waals surface area contributed by atoms with Gasteiger partial charge in [-0.1, -0.05) is 23.2 Å². The van der Waals surface area contributed by atoms with E-state index < -0.39 is 0 Å².